The number of benzene rings is 1. The van der Waals surface area contributed by atoms with Gasteiger partial charge < -0.3 is 30.0 Å². The van der Waals surface area contributed by atoms with Crippen molar-refractivity contribution >= 4 is 45.2 Å². The van der Waals surface area contributed by atoms with E-state index in [4.69, 9.17) is 20.9 Å². The van der Waals surface area contributed by atoms with Gasteiger partial charge in [0.25, 0.3) is 5.91 Å². The van der Waals surface area contributed by atoms with Crippen LogP contribution in [0, 0.1) is 17.0 Å². The number of hydrogen-bond acceptors (Lipinski definition) is 9. The first-order valence-corrected chi connectivity index (χ1v) is 11.0. The Kier molecular flexibility index (Phi) is 8.17. The van der Waals surface area contributed by atoms with Crippen LogP contribution in [0.3, 0.4) is 0 Å². The number of rotatable bonds is 10. The van der Waals surface area contributed by atoms with Gasteiger partial charge in [-0.3, -0.25) is 9.59 Å². The summed E-state index contributed by atoms with van der Waals surface area (Å²) in [4.78, 5) is 38.5. The lowest BCUT2D eigenvalue weighted by molar-refractivity contribution is -0.389. The summed E-state index contributed by atoms with van der Waals surface area (Å²) in [5.74, 6) is -1.17. The molecule has 0 saturated carbocycles. The maximum atomic E-state index is 12.2. The number of hydrogen-bond donors (Lipinski definition) is 2. The first kappa shape index (κ1) is 25.1. The summed E-state index contributed by atoms with van der Waals surface area (Å²) in [5, 5.41) is 23.5. The largest absolute Gasteiger partial charge is 0.481 e. The molecule has 0 fully saturated rings. The van der Waals surface area contributed by atoms with Crippen molar-refractivity contribution in [3.05, 3.63) is 61.3 Å². The smallest absolute Gasteiger partial charge is 0.408 e. The molecule has 13 nitrogen and oxygen atoms in total. The van der Waals surface area contributed by atoms with E-state index in [1.165, 1.54) is 4.68 Å². The standard InChI is InChI=1S/C19H19BrClN7O6/c1-10-15(21)16(28(31)32)25-27(10)9-14-24-19(34-26-14)18(30)23-7-6-22-17(29)11(2)33-13-5-3-4-12(20)8-13/h3-5,8,11H,6-7,9H2,1-2H3,(H,22,29)(H,23,30). The number of nitro groups is 1. The number of halogens is 2. The van der Waals surface area contributed by atoms with Crippen LogP contribution < -0.4 is 15.4 Å². The third-order valence-electron chi connectivity index (χ3n) is 4.43. The van der Waals surface area contributed by atoms with E-state index in [-0.39, 0.29) is 42.3 Å². The number of nitrogens with zero attached hydrogens (tertiary/aromatic N) is 5. The molecule has 0 aliphatic carbocycles. The summed E-state index contributed by atoms with van der Waals surface area (Å²) < 4.78 is 12.6. The molecule has 0 radical (unpaired) electrons. The molecule has 2 heterocycles. The maximum absolute atomic E-state index is 12.2. The molecule has 1 atom stereocenters. The molecule has 0 aliphatic rings. The zero-order chi connectivity index (χ0) is 24.8. The van der Waals surface area contributed by atoms with Gasteiger partial charge >= 0.3 is 17.6 Å². The van der Waals surface area contributed by atoms with Crippen molar-refractivity contribution in [1.29, 1.82) is 0 Å². The Hall–Kier alpha value is -3.52. The second kappa shape index (κ2) is 11.1. The molecular weight excluding hydrogens is 538 g/mol. The molecule has 34 heavy (non-hydrogen) atoms. The SMILES string of the molecule is Cc1c(Cl)c([N+](=O)[O-])nn1Cc1noc(C(=O)NCCNC(=O)C(C)Oc2cccc(Br)c2)n1. The first-order valence-electron chi connectivity index (χ1n) is 9.83. The van der Waals surface area contributed by atoms with Gasteiger partial charge in [-0.15, -0.1) is 0 Å². The Bertz CT molecular complexity index is 1210. The molecule has 1 aromatic carbocycles. The fourth-order valence-electron chi connectivity index (χ4n) is 2.70. The van der Waals surface area contributed by atoms with Crippen molar-refractivity contribution < 1.29 is 23.8 Å². The highest BCUT2D eigenvalue weighted by molar-refractivity contribution is 9.10. The molecule has 0 aliphatic heterocycles. The Morgan fingerprint density at radius 2 is 2.09 bits per heavy atom. The van der Waals surface area contributed by atoms with Crippen LogP contribution in [0.2, 0.25) is 5.02 Å². The topological polar surface area (TPSA) is 167 Å². The molecule has 2 N–H and O–H groups in total. The van der Waals surface area contributed by atoms with Gasteiger partial charge in [-0.05, 0) is 37.0 Å². The van der Waals surface area contributed by atoms with E-state index in [0.29, 0.717) is 11.4 Å². The number of nitrogens with one attached hydrogen (secondary N) is 2. The number of aromatic nitrogens is 4. The summed E-state index contributed by atoms with van der Waals surface area (Å²) in [6, 6.07) is 7.10. The molecule has 1 unspecified atom stereocenters. The minimum absolute atomic E-state index is 0.0779. The maximum Gasteiger partial charge on any atom is 0.408 e. The summed E-state index contributed by atoms with van der Waals surface area (Å²) in [7, 11) is 0. The molecule has 3 rings (SSSR count). The van der Waals surface area contributed by atoms with Crippen LogP contribution in [0.5, 0.6) is 5.75 Å². The predicted molar refractivity (Wildman–Crippen MR) is 122 cm³/mol. The lowest BCUT2D eigenvalue weighted by atomic mass is 10.3. The Morgan fingerprint density at radius 1 is 1.35 bits per heavy atom. The van der Waals surface area contributed by atoms with Crippen LogP contribution in [-0.2, 0) is 11.3 Å². The summed E-state index contributed by atoms with van der Waals surface area (Å²) >= 11 is 9.23. The molecule has 0 saturated heterocycles. The minimum Gasteiger partial charge on any atom is -0.481 e. The molecule has 0 spiro atoms. The van der Waals surface area contributed by atoms with E-state index in [9.17, 15) is 19.7 Å². The van der Waals surface area contributed by atoms with Gasteiger partial charge in [-0.25, -0.2) is 0 Å². The predicted octanol–water partition coefficient (Wildman–Crippen LogP) is 2.26. The molecule has 2 amide bonds. The van der Waals surface area contributed by atoms with Crippen LogP contribution in [-0.4, -0.2) is 55.9 Å². The van der Waals surface area contributed by atoms with Crippen molar-refractivity contribution in [2.45, 2.75) is 26.5 Å². The first-order chi connectivity index (χ1) is 16.2. The van der Waals surface area contributed by atoms with Gasteiger partial charge in [0.2, 0.25) is 0 Å². The Balaban J connectivity index is 1.45. The average Bonchev–Trinajstić information content (AvgIpc) is 3.37. The van der Waals surface area contributed by atoms with Gasteiger partial charge in [0.05, 0.1) is 10.8 Å². The van der Waals surface area contributed by atoms with Crippen molar-refractivity contribution in [2.24, 2.45) is 0 Å². The van der Waals surface area contributed by atoms with E-state index in [1.54, 1.807) is 32.0 Å². The van der Waals surface area contributed by atoms with E-state index >= 15 is 0 Å². The van der Waals surface area contributed by atoms with Gasteiger partial charge in [-0.1, -0.05) is 38.8 Å². The van der Waals surface area contributed by atoms with Crippen molar-refractivity contribution in [3.8, 4) is 5.75 Å². The summed E-state index contributed by atoms with van der Waals surface area (Å²) in [5.41, 5.74) is 0.345. The molecule has 2 aromatic heterocycles. The molecule has 15 heteroatoms. The molecule has 0 bridgehead atoms. The third kappa shape index (κ3) is 6.29. The van der Waals surface area contributed by atoms with Gasteiger partial charge in [-0.2, -0.15) is 9.67 Å². The lowest BCUT2D eigenvalue weighted by Gasteiger charge is -2.15. The highest BCUT2D eigenvalue weighted by Crippen LogP contribution is 2.26. The molecule has 180 valence electrons. The van der Waals surface area contributed by atoms with Gasteiger partial charge in [0.15, 0.2) is 17.0 Å². The quantitative estimate of drug-likeness (QED) is 0.216. The van der Waals surface area contributed by atoms with Crippen LogP contribution in [0.25, 0.3) is 0 Å². The third-order valence-corrected chi connectivity index (χ3v) is 5.37. The second-order valence-corrected chi connectivity index (χ2v) is 8.21. The highest BCUT2D eigenvalue weighted by Gasteiger charge is 2.25. The van der Waals surface area contributed by atoms with Crippen molar-refractivity contribution in [1.82, 2.24) is 30.6 Å². The van der Waals surface area contributed by atoms with Crippen molar-refractivity contribution in [3.63, 3.8) is 0 Å². The van der Waals surface area contributed by atoms with Crippen LogP contribution in [0.1, 0.15) is 29.1 Å². The molecule has 3 aromatic rings. The average molecular weight is 557 g/mol. The van der Waals surface area contributed by atoms with E-state index < -0.39 is 22.8 Å². The Labute approximate surface area is 206 Å². The lowest BCUT2D eigenvalue weighted by Crippen LogP contribution is -2.40. The van der Waals surface area contributed by atoms with Crippen LogP contribution in [0.4, 0.5) is 5.82 Å². The summed E-state index contributed by atoms with van der Waals surface area (Å²) in [6.07, 6.45) is -0.737. The van der Waals surface area contributed by atoms with Gasteiger partial charge in [0, 0.05) is 17.6 Å². The Morgan fingerprint density at radius 3 is 2.76 bits per heavy atom. The van der Waals surface area contributed by atoms with E-state index in [1.807, 2.05) is 6.07 Å². The van der Waals surface area contributed by atoms with E-state index in [2.05, 4.69) is 41.8 Å². The normalized spacial score (nSPS) is 11.6. The number of carbonyl (C=O) groups excluding carboxylic acids is 2. The fraction of sp³-hybridized carbons (Fsp3) is 0.316. The summed E-state index contributed by atoms with van der Waals surface area (Å²) in [6.45, 7) is 3.33. The number of carbonyl (C=O) groups is 2. The number of amides is 2. The fourth-order valence-corrected chi connectivity index (χ4v) is 3.28. The molecular formula is C19H19BrClN7O6. The monoisotopic (exact) mass is 555 g/mol. The zero-order valence-corrected chi connectivity index (χ0v) is 20.3. The van der Waals surface area contributed by atoms with Gasteiger partial charge in [0.1, 0.15) is 12.3 Å². The van der Waals surface area contributed by atoms with E-state index in [0.717, 1.165) is 4.47 Å². The van der Waals surface area contributed by atoms with Crippen LogP contribution in [0.15, 0.2) is 33.3 Å². The zero-order valence-electron chi connectivity index (χ0n) is 17.9. The second-order valence-electron chi connectivity index (χ2n) is 6.92. The number of ether oxygens (including phenoxy) is 1. The highest BCUT2D eigenvalue weighted by atomic mass is 79.9. The van der Waals surface area contributed by atoms with Crippen molar-refractivity contribution in [2.75, 3.05) is 13.1 Å². The van der Waals surface area contributed by atoms with Crippen LogP contribution >= 0.6 is 27.5 Å². The minimum atomic E-state index is -0.737.